The van der Waals surface area contributed by atoms with Crippen LogP contribution in [0, 0.1) is 0 Å². The van der Waals surface area contributed by atoms with E-state index in [1.165, 1.54) is 0 Å². The smallest absolute Gasteiger partial charge is 0.292 e. The Balaban J connectivity index is 1.75. The number of ketones is 1. The van der Waals surface area contributed by atoms with Crippen LogP contribution in [0.3, 0.4) is 0 Å². The number of rotatable bonds is 5. The maximum atomic E-state index is 13.1. The normalized spacial score (nSPS) is 11.0. The van der Waals surface area contributed by atoms with Crippen molar-refractivity contribution in [2.24, 2.45) is 0 Å². The van der Waals surface area contributed by atoms with E-state index in [0.29, 0.717) is 12.1 Å². The van der Waals surface area contributed by atoms with Crippen LogP contribution in [-0.4, -0.2) is 14.9 Å². The third-order valence-electron chi connectivity index (χ3n) is 4.58. The van der Waals surface area contributed by atoms with E-state index in [4.69, 9.17) is 0 Å². The van der Waals surface area contributed by atoms with Crippen molar-refractivity contribution in [2.45, 2.75) is 13.1 Å². The van der Waals surface area contributed by atoms with Gasteiger partial charge in [-0.1, -0.05) is 70.5 Å². The van der Waals surface area contributed by atoms with Crippen molar-refractivity contribution in [1.29, 1.82) is 0 Å². The van der Waals surface area contributed by atoms with E-state index in [1.54, 1.807) is 21.3 Å². The molecule has 0 fully saturated rings. The van der Waals surface area contributed by atoms with Crippen LogP contribution in [0.25, 0.3) is 11.0 Å². The molecular formula is C22H17BrN2O2. The van der Waals surface area contributed by atoms with E-state index < -0.39 is 0 Å². The lowest BCUT2D eigenvalue weighted by molar-refractivity contribution is 0.0972. The SMILES string of the molecule is O=C(Cn1c(=O)n(Cc2ccccc2)c2ccccc21)c1ccc(Br)cc1. The van der Waals surface area contributed by atoms with Gasteiger partial charge in [0.15, 0.2) is 5.78 Å². The molecule has 4 aromatic rings. The molecule has 0 bridgehead atoms. The van der Waals surface area contributed by atoms with Gasteiger partial charge in [-0.05, 0) is 29.8 Å². The molecule has 0 aliphatic heterocycles. The van der Waals surface area contributed by atoms with Crippen LogP contribution in [0.4, 0.5) is 0 Å². The molecule has 0 atom stereocenters. The first kappa shape index (κ1) is 17.5. The summed E-state index contributed by atoms with van der Waals surface area (Å²) in [5.41, 5.74) is 3.05. The van der Waals surface area contributed by atoms with Gasteiger partial charge in [-0.2, -0.15) is 0 Å². The highest BCUT2D eigenvalue weighted by atomic mass is 79.9. The zero-order valence-corrected chi connectivity index (χ0v) is 16.1. The predicted octanol–water partition coefficient (Wildman–Crippen LogP) is 4.50. The number of carbonyl (C=O) groups excluding carboxylic acids is 1. The highest BCUT2D eigenvalue weighted by Gasteiger charge is 2.16. The molecule has 134 valence electrons. The first-order valence-corrected chi connectivity index (χ1v) is 9.43. The molecule has 0 aliphatic rings. The Kier molecular flexibility index (Phi) is 4.77. The van der Waals surface area contributed by atoms with E-state index in [2.05, 4.69) is 15.9 Å². The van der Waals surface area contributed by atoms with Crippen molar-refractivity contribution < 1.29 is 4.79 Å². The second kappa shape index (κ2) is 7.37. The fourth-order valence-corrected chi connectivity index (χ4v) is 3.48. The van der Waals surface area contributed by atoms with Crippen molar-refractivity contribution in [1.82, 2.24) is 9.13 Å². The average Bonchev–Trinajstić information content (AvgIpc) is 2.95. The van der Waals surface area contributed by atoms with Gasteiger partial charge in [-0.25, -0.2) is 4.79 Å². The minimum absolute atomic E-state index is 0.0166. The van der Waals surface area contributed by atoms with Crippen molar-refractivity contribution in [2.75, 3.05) is 0 Å². The monoisotopic (exact) mass is 420 g/mol. The standard InChI is InChI=1S/C22H17BrN2O2/c23-18-12-10-17(11-13-18)21(26)15-25-20-9-5-4-8-19(20)24(22(25)27)14-16-6-2-1-3-7-16/h1-13H,14-15H2. The van der Waals surface area contributed by atoms with Crippen LogP contribution in [0.15, 0.2) is 88.1 Å². The van der Waals surface area contributed by atoms with Gasteiger partial charge in [0, 0.05) is 10.0 Å². The predicted molar refractivity (Wildman–Crippen MR) is 110 cm³/mol. The number of fused-ring (bicyclic) bond motifs is 1. The van der Waals surface area contributed by atoms with Crippen molar-refractivity contribution >= 4 is 32.7 Å². The van der Waals surface area contributed by atoms with Crippen molar-refractivity contribution in [3.05, 3.63) is 105 Å². The summed E-state index contributed by atoms with van der Waals surface area (Å²) in [7, 11) is 0. The summed E-state index contributed by atoms with van der Waals surface area (Å²) in [6.45, 7) is 0.489. The number of nitrogens with zero attached hydrogens (tertiary/aromatic N) is 2. The zero-order chi connectivity index (χ0) is 18.8. The maximum absolute atomic E-state index is 13.1. The molecule has 4 nitrogen and oxygen atoms in total. The number of hydrogen-bond donors (Lipinski definition) is 0. The Hall–Kier alpha value is -2.92. The Morgan fingerprint density at radius 1 is 0.778 bits per heavy atom. The molecule has 0 spiro atoms. The second-order valence-corrected chi connectivity index (χ2v) is 7.27. The number of hydrogen-bond acceptors (Lipinski definition) is 2. The minimum atomic E-state index is -0.175. The molecule has 1 aromatic heterocycles. The molecule has 4 rings (SSSR count). The first-order valence-electron chi connectivity index (χ1n) is 8.64. The summed E-state index contributed by atoms with van der Waals surface area (Å²) in [5, 5.41) is 0. The van der Waals surface area contributed by atoms with Crippen LogP contribution < -0.4 is 5.69 Å². The van der Waals surface area contributed by atoms with E-state index in [0.717, 1.165) is 21.1 Å². The van der Waals surface area contributed by atoms with E-state index in [1.807, 2.05) is 66.7 Å². The highest BCUT2D eigenvalue weighted by molar-refractivity contribution is 9.10. The molecule has 5 heteroatoms. The molecule has 0 N–H and O–H groups in total. The summed E-state index contributed by atoms with van der Waals surface area (Å²) in [4.78, 5) is 25.8. The van der Waals surface area contributed by atoms with E-state index in [-0.39, 0.29) is 18.0 Å². The molecule has 1 heterocycles. The van der Waals surface area contributed by atoms with Crippen molar-refractivity contribution in [3.8, 4) is 0 Å². The first-order chi connectivity index (χ1) is 13.1. The third kappa shape index (κ3) is 3.51. The summed E-state index contributed by atoms with van der Waals surface area (Å²) >= 11 is 3.37. The van der Waals surface area contributed by atoms with Crippen LogP contribution in [0.5, 0.6) is 0 Å². The zero-order valence-electron chi connectivity index (χ0n) is 14.5. The topological polar surface area (TPSA) is 44.0 Å². The Labute approximate surface area is 164 Å². The van der Waals surface area contributed by atoms with Gasteiger partial charge in [-0.15, -0.1) is 0 Å². The Morgan fingerprint density at radius 2 is 1.37 bits per heavy atom. The van der Waals surface area contributed by atoms with E-state index >= 15 is 0 Å². The molecule has 0 saturated heterocycles. The summed E-state index contributed by atoms with van der Waals surface area (Å²) < 4.78 is 4.19. The fraction of sp³-hybridized carbons (Fsp3) is 0.0909. The molecule has 3 aromatic carbocycles. The maximum Gasteiger partial charge on any atom is 0.329 e. The molecular weight excluding hydrogens is 404 g/mol. The van der Waals surface area contributed by atoms with Crippen LogP contribution in [0.2, 0.25) is 0 Å². The van der Waals surface area contributed by atoms with Crippen molar-refractivity contribution in [3.63, 3.8) is 0 Å². The minimum Gasteiger partial charge on any atom is -0.292 e. The lowest BCUT2D eigenvalue weighted by Gasteiger charge is -2.04. The Morgan fingerprint density at radius 3 is 2.04 bits per heavy atom. The number of Topliss-reactive ketones (excluding diaryl/α,β-unsaturated/α-hetero) is 1. The molecule has 0 aliphatic carbocycles. The molecule has 27 heavy (non-hydrogen) atoms. The summed E-state index contributed by atoms with van der Waals surface area (Å²) in [6, 6.07) is 24.6. The van der Waals surface area contributed by atoms with Crippen LogP contribution >= 0.6 is 15.9 Å². The fourth-order valence-electron chi connectivity index (χ4n) is 3.21. The van der Waals surface area contributed by atoms with Gasteiger partial charge in [0.1, 0.15) is 0 Å². The van der Waals surface area contributed by atoms with Crippen LogP contribution in [0.1, 0.15) is 15.9 Å². The van der Waals surface area contributed by atoms with Gasteiger partial charge < -0.3 is 0 Å². The van der Waals surface area contributed by atoms with Gasteiger partial charge in [-0.3, -0.25) is 13.9 Å². The number of benzene rings is 3. The number of aromatic nitrogens is 2. The molecule has 0 unspecified atom stereocenters. The van der Waals surface area contributed by atoms with Gasteiger partial charge in [0.25, 0.3) is 0 Å². The quantitative estimate of drug-likeness (QED) is 0.446. The molecule has 0 saturated carbocycles. The number of halogens is 1. The van der Waals surface area contributed by atoms with E-state index in [9.17, 15) is 9.59 Å². The highest BCUT2D eigenvalue weighted by Crippen LogP contribution is 2.16. The third-order valence-corrected chi connectivity index (χ3v) is 5.11. The summed E-state index contributed by atoms with van der Waals surface area (Å²) in [6.07, 6.45) is 0. The van der Waals surface area contributed by atoms with Crippen LogP contribution in [-0.2, 0) is 13.1 Å². The molecule has 0 radical (unpaired) electrons. The van der Waals surface area contributed by atoms with Gasteiger partial charge >= 0.3 is 5.69 Å². The molecule has 0 amide bonds. The number of para-hydroxylation sites is 2. The summed E-state index contributed by atoms with van der Waals surface area (Å²) in [5.74, 6) is -0.0905. The number of imidazole rings is 1. The second-order valence-electron chi connectivity index (χ2n) is 6.36. The lowest BCUT2D eigenvalue weighted by Crippen LogP contribution is -2.27. The average molecular weight is 421 g/mol. The number of carbonyl (C=O) groups is 1. The Bertz CT molecular complexity index is 1160. The largest absolute Gasteiger partial charge is 0.329 e. The van der Waals surface area contributed by atoms with Gasteiger partial charge in [0.2, 0.25) is 0 Å². The van der Waals surface area contributed by atoms with Gasteiger partial charge in [0.05, 0.1) is 24.1 Å². The lowest BCUT2D eigenvalue weighted by atomic mass is 10.1.